The molecule has 0 radical (unpaired) electrons. The second kappa shape index (κ2) is 7.29. The fraction of sp³-hybridized carbons (Fsp3) is 0.148. The summed E-state index contributed by atoms with van der Waals surface area (Å²) in [7, 11) is 0. The Morgan fingerprint density at radius 3 is 2.47 bits per heavy atom. The number of Topliss-reactive ketones (excluding diaryl/α,β-unsaturated/α-hetero) is 1. The van der Waals surface area contributed by atoms with Crippen LogP contribution in [0.1, 0.15) is 24.8 Å². The average molecular weight is 450 g/mol. The summed E-state index contributed by atoms with van der Waals surface area (Å²) in [6.07, 6.45) is 4.81. The van der Waals surface area contributed by atoms with Gasteiger partial charge in [0.2, 0.25) is 5.91 Å². The van der Waals surface area contributed by atoms with Crippen LogP contribution in [0.2, 0.25) is 0 Å². The van der Waals surface area contributed by atoms with Crippen molar-refractivity contribution >= 4 is 28.9 Å². The van der Waals surface area contributed by atoms with Crippen LogP contribution in [0.25, 0.3) is 5.82 Å². The largest absolute Gasteiger partial charge is 0.324 e. The number of rotatable bonds is 2. The van der Waals surface area contributed by atoms with E-state index in [0.29, 0.717) is 35.6 Å². The number of fused-ring (bicyclic) bond motifs is 3. The van der Waals surface area contributed by atoms with Crippen molar-refractivity contribution < 1.29 is 14.0 Å². The predicted octanol–water partition coefficient (Wildman–Crippen LogP) is 4.74. The first kappa shape index (κ1) is 20.2. The number of nitriles is 1. The second-order valence-corrected chi connectivity index (χ2v) is 8.54. The number of nitrogens with one attached hydrogen (secondary N) is 1. The van der Waals surface area contributed by atoms with E-state index < -0.39 is 17.1 Å². The summed E-state index contributed by atoms with van der Waals surface area (Å²) in [5.41, 5.74) is 0.659. The fourth-order valence-corrected chi connectivity index (χ4v) is 5.51. The highest BCUT2D eigenvalue weighted by Gasteiger charge is 2.60. The smallest absolute Gasteiger partial charge is 0.245 e. The maximum Gasteiger partial charge on any atom is 0.245 e. The number of carbonyl (C=O) groups excluding carboxylic acids is 2. The van der Waals surface area contributed by atoms with Gasteiger partial charge in [0.05, 0.1) is 11.3 Å². The maximum absolute atomic E-state index is 15.2. The number of halogens is 1. The van der Waals surface area contributed by atoms with E-state index in [0.717, 1.165) is 0 Å². The van der Waals surface area contributed by atoms with E-state index >= 15 is 4.39 Å². The number of anilines is 2. The number of ketones is 1. The van der Waals surface area contributed by atoms with Crippen molar-refractivity contribution in [2.24, 2.45) is 0 Å². The first-order valence-corrected chi connectivity index (χ1v) is 11.1. The summed E-state index contributed by atoms with van der Waals surface area (Å²) in [4.78, 5) is 29.0. The minimum Gasteiger partial charge on any atom is -0.324 e. The molecule has 3 aliphatic rings. The minimum atomic E-state index is -1.60. The van der Waals surface area contributed by atoms with E-state index in [4.69, 9.17) is 0 Å². The topological polar surface area (TPSA) is 78.1 Å². The molecular formula is C27H19FN4O2. The Morgan fingerprint density at radius 2 is 1.71 bits per heavy atom. The lowest BCUT2D eigenvalue weighted by atomic mass is 9.63. The van der Waals surface area contributed by atoms with Gasteiger partial charge < -0.3 is 9.88 Å². The zero-order valence-corrected chi connectivity index (χ0v) is 18.1. The molecule has 1 aliphatic carbocycles. The highest BCUT2D eigenvalue weighted by molar-refractivity contribution is 6.21. The average Bonchev–Trinajstić information content (AvgIpc) is 3.47. The molecule has 0 saturated heterocycles. The van der Waals surface area contributed by atoms with Crippen LogP contribution in [0.15, 0.2) is 89.9 Å². The Kier molecular flexibility index (Phi) is 4.33. The van der Waals surface area contributed by atoms with Crippen LogP contribution in [-0.4, -0.2) is 16.3 Å². The lowest BCUT2D eigenvalue weighted by Gasteiger charge is -2.44. The Balaban J connectivity index is 1.80. The maximum atomic E-state index is 15.2. The standard InChI is InChI=1S/C27H19FN4O2/c28-19-9-2-4-11-21(19)32-22-12-7-13-23(33)24(22)27(17-8-1-3-10-20(17)30-26(27)34)18(16-29)25(32)31-14-5-6-15-31/h1-6,8-11,14-15H,7,12-13H2,(H,30,34)/t27-/m0/s1. The number of hydrogen-bond acceptors (Lipinski definition) is 4. The third-order valence-electron chi connectivity index (χ3n) is 6.81. The Labute approximate surface area is 195 Å². The van der Waals surface area contributed by atoms with Crippen LogP contribution in [0, 0.1) is 17.1 Å². The van der Waals surface area contributed by atoms with Crippen LogP contribution < -0.4 is 10.2 Å². The van der Waals surface area contributed by atoms with Gasteiger partial charge in [-0.3, -0.25) is 14.5 Å². The molecule has 166 valence electrons. The molecule has 1 atom stereocenters. The monoisotopic (exact) mass is 450 g/mol. The molecule has 7 heteroatoms. The van der Waals surface area contributed by atoms with Crippen molar-refractivity contribution in [3.8, 4) is 6.07 Å². The normalized spacial score (nSPS) is 21.5. The summed E-state index contributed by atoms with van der Waals surface area (Å²) in [6.45, 7) is 0. The SMILES string of the molecule is N#CC1=C(n2cccc2)N(c2ccccc2F)C2=C(C(=O)CCC2)[C@@]12C(=O)Nc1ccccc12. The van der Waals surface area contributed by atoms with Gasteiger partial charge >= 0.3 is 0 Å². The molecule has 1 N–H and O–H groups in total. The molecule has 1 spiro atoms. The van der Waals surface area contributed by atoms with E-state index in [2.05, 4.69) is 11.4 Å². The quantitative estimate of drug-likeness (QED) is 0.612. The zero-order chi connectivity index (χ0) is 23.4. The Morgan fingerprint density at radius 1 is 0.971 bits per heavy atom. The van der Waals surface area contributed by atoms with Crippen LogP contribution in [0.3, 0.4) is 0 Å². The summed E-state index contributed by atoms with van der Waals surface area (Å²) >= 11 is 0. The van der Waals surface area contributed by atoms with Crippen molar-refractivity contribution in [1.29, 1.82) is 5.26 Å². The number of hydrogen-bond donors (Lipinski definition) is 1. The predicted molar refractivity (Wildman–Crippen MR) is 125 cm³/mol. The molecule has 3 heterocycles. The van der Waals surface area contributed by atoms with Crippen molar-refractivity contribution in [3.63, 3.8) is 0 Å². The van der Waals surface area contributed by atoms with Crippen LogP contribution >= 0.6 is 0 Å². The van der Waals surface area contributed by atoms with Gasteiger partial charge in [-0.25, -0.2) is 4.39 Å². The first-order valence-electron chi connectivity index (χ1n) is 11.1. The van der Waals surface area contributed by atoms with Crippen molar-refractivity contribution in [2.45, 2.75) is 24.7 Å². The van der Waals surface area contributed by atoms with Crippen molar-refractivity contribution in [3.05, 3.63) is 101 Å². The molecule has 2 aliphatic heterocycles. The molecule has 0 fully saturated rings. The highest BCUT2D eigenvalue weighted by atomic mass is 19.1. The molecule has 1 amide bonds. The van der Waals surface area contributed by atoms with Gasteiger partial charge in [0.15, 0.2) is 5.78 Å². The Bertz CT molecular complexity index is 1480. The van der Waals surface area contributed by atoms with Crippen molar-refractivity contribution in [2.75, 3.05) is 10.2 Å². The van der Waals surface area contributed by atoms with Crippen LogP contribution in [0.4, 0.5) is 15.8 Å². The molecule has 34 heavy (non-hydrogen) atoms. The number of benzene rings is 2. The van der Waals surface area contributed by atoms with Gasteiger partial charge in [0, 0.05) is 41.3 Å². The van der Waals surface area contributed by atoms with Gasteiger partial charge in [-0.15, -0.1) is 0 Å². The molecule has 0 saturated carbocycles. The third kappa shape index (κ3) is 2.48. The van der Waals surface area contributed by atoms with Crippen LogP contribution in [0.5, 0.6) is 0 Å². The minimum absolute atomic E-state index is 0.0865. The Hall–Kier alpha value is -4.44. The van der Waals surface area contributed by atoms with E-state index in [1.54, 1.807) is 76.5 Å². The number of amides is 1. The summed E-state index contributed by atoms with van der Waals surface area (Å²) in [5.74, 6) is -0.779. The summed E-state index contributed by atoms with van der Waals surface area (Å²) in [6, 6.07) is 19.3. The number of nitrogens with zero attached hydrogens (tertiary/aromatic N) is 3. The first-order chi connectivity index (χ1) is 16.6. The molecule has 0 unspecified atom stereocenters. The third-order valence-corrected chi connectivity index (χ3v) is 6.81. The summed E-state index contributed by atoms with van der Waals surface area (Å²) < 4.78 is 16.9. The fourth-order valence-electron chi connectivity index (χ4n) is 5.51. The van der Waals surface area contributed by atoms with Crippen molar-refractivity contribution in [1.82, 2.24) is 4.57 Å². The van der Waals surface area contributed by atoms with Gasteiger partial charge in [0.1, 0.15) is 23.1 Å². The van der Waals surface area contributed by atoms with E-state index in [-0.39, 0.29) is 29.0 Å². The van der Waals surface area contributed by atoms with Gasteiger partial charge in [-0.05, 0) is 43.2 Å². The molecule has 6 rings (SSSR count). The molecule has 3 aromatic rings. The van der Waals surface area contributed by atoms with Gasteiger partial charge in [-0.2, -0.15) is 5.26 Å². The number of carbonyl (C=O) groups is 2. The lowest BCUT2D eigenvalue weighted by Crippen LogP contribution is -2.49. The molecular weight excluding hydrogens is 431 g/mol. The van der Waals surface area contributed by atoms with E-state index in [1.807, 2.05) is 0 Å². The molecule has 0 bridgehead atoms. The number of aromatic nitrogens is 1. The van der Waals surface area contributed by atoms with E-state index in [1.165, 1.54) is 6.07 Å². The second-order valence-electron chi connectivity index (χ2n) is 8.54. The van der Waals surface area contributed by atoms with E-state index in [9.17, 15) is 14.9 Å². The number of allylic oxidation sites excluding steroid dienone is 1. The van der Waals surface area contributed by atoms with Gasteiger partial charge in [0.25, 0.3) is 0 Å². The van der Waals surface area contributed by atoms with Gasteiger partial charge in [-0.1, -0.05) is 30.3 Å². The van der Waals surface area contributed by atoms with Crippen LogP contribution in [-0.2, 0) is 15.0 Å². The zero-order valence-electron chi connectivity index (χ0n) is 18.1. The summed E-state index contributed by atoms with van der Waals surface area (Å²) in [5, 5.41) is 13.5. The molecule has 1 aromatic heterocycles. The highest BCUT2D eigenvalue weighted by Crippen LogP contribution is 2.56. The lowest BCUT2D eigenvalue weighted by molar-refractivity contribution is -0.122. The molecule has 6 nitrogen and oxygen atoms in total. The molecule has 2 aromatic carbocycles. The number of para-hydroxylation sites is 2.